The molecule has 30 heteroatoms. The molecule has 22 fully saturated rings. The zero-order valence-electron chi connectivity index (χ0n) is 34.5. The summed E-state index contributed by atoms with van der Waals surface area (Å²) < 4.78 is 67.9. The van der Waals surface area contributed by atoms with Gasteiger partial charge in [-0.2, -0.15) is 0 Å². The van der Waals surface area contributed by atoms with Crippen molar-refractivity contribution in [3.05, 3.63) is 0 Å². The van der Waals surface area contributed by atoms with Gasteiger partial charge in [-0.25, -0.2) is 0 Å². The minimum Gasteiger partial charge on any atom is -0.394 e. The van der Waals surface area contributed by atoms with Gasteiger partial charge in [-0.1, -0.05) is 0 Å². The lowest BCUT2D eigenvalue weighted by molar-refractivity contribution is -0.404. The van der Waals surface area contributed by atoms with Gasteiger partial charge in [-0.15, -0.1) is 0 Å². The van der Waals surface area contributed by atoms with E-state index in [9.17, 15) is 91.9 Å². The lowest BCUT2D eigenvalue weighted by Crippen LogP contribution is -2.69. The maximum atomic E-state index is 11.2. The molecule has 22 aliphatic rings. The highest BCUT2D eigenvalue weighted by Gasteiger charge is 2.58. The van der Waals surface area contributed by atoms with Crippen LogP contribution in [-0.4, -0.2) is 316 Å². The smallest absolute Gasteiger partial charge is 0.187 e. The number of hydrogen-bond donors (Lipinski definition) is 18. The number of ether oxygens (including phenoxy) is 12. The molecule has 0 aromatic carbocycles. The van der Waals surface area contributed by atoms with Crippen LogP contribution in [0.15, 0.2) is 0 Å². The normalized spacial score (nSPS) is 55.4. The van der Waals surface area contributed by atoms with Crippen molar-refractivity contribution in [2.75, 3.05) is 39.6 Å². The van der Waals surface area contributed by atoms with Gasteiger partial charge in [0.25, 0.3) is 0 Å². The predicted molar refractivity (Wildman–Crippen MR) is 196 cm³/mol. The van der Waals surface area contributed by atoms with Gasteiger partial charge in [0, 0.05) is 0 Å². The predicted octanol–water partition coefficient (Wildman–Crippen LogP) is -13.1. The summed E-state index contributed by atoms with van der Waals surface area (Å²) in [5.41, 5.74) is 0. The summed E-state index contributed by atoms with van der Waals surface area (Å²) in [6, 6.07) is 0. The molecule has 30 nitrogen and oxygen atoms in total. The van der Waals surface area contributed by atoms with E-state index in [1.807, 2.05) is 0 Å². The topological polar surface area (TPSA) is 475 Å². The molecule has 12 bridgehead atoms. The Morgan fingerprint density at radius 2 is 0.303 bits per heavy atom. The molecule has 15 unspecified atom stereocenters. The second kappa shape index (κ2) is 22.1. The van der Waals surface area contributed by atoms with Crippen molar-refractivity contribution in [1.82, 2.24) is 0 Å². The molecule has 0 aromatic rings. The summed E-state index contributed by atoms with van der Waals surface area (Å²) >= 11 is 0. The van der Waals surface area contributed by atoms with Crippen molar-refractivity contribution < 1.29 is 149 Å². The van der Waals surface area contributed by atoms with Crippen LogP contribution in [0.1, 0.15) is 0 Å². The van der Waals surface area contributed by atoms with Crippen LogP contribution in [0, 0.1) is 0 Å². The average molecular weight is 973 g/mol. The van der Waals surface area contributed by atoms with E-state index in [-0.39, 0.29) is 0 Å². The van der Waals surface area contributed by atoms with Gasteiger partial charge in [0.1, 0.15) is 146 Å². The van der Waals surface area contributed by atoms with Gasteiger partial charge < -0.3 is 149 Å². The SMILES string of the molecule is OC[C@H]1OC2OC3[C@@H](CO)OC(OC4[C@@H](CO)OC(OC5[C@H](O)C(O)C(OC6[C@@H](CO)OC(OC7[C@H](O)C(O)C(OC1[C@H](O)C2O)O[C@@H]7CO)[C@H](O)[C@H]6O)O[C@@H]5CO)[C@@H](O)[C@H]4O)[C@H](O)[C@H]3O. The number of aliphatic hydroxyl groups is 18. The van der Waals surface area contributed by atoms with E-state index in [0.717, 1.165) is 0 Å². The van der Waals surface area contributed by atoms with Crippen molar-refractivity contribution >= 4 is 0 Å². The first-order valence-corrected chi connectivity index (χ1v) is 21.1. The van der Waals surface area contributed by atoms with Crippen LogP contribution in [-0.2, 0) is 56.8 Å². The highest BCUT2D eigenvalue weighted by molar-refractivity contribution is 5.01. The first-order chi connectivity index (χ1) is 31.4. The molecule has 384 valence electrons. The number of hydrogen-bond acceptors (Lipinski definition) is 30. The monoisotopic (exact) mass is 972 g/mol. The maximum absolute atomic E-state index is 11.2. The number of rotatable bonds is 6. The van der Waals surface area contributed by atoms with Gasteiger partial charge in [-0.3, -0.25) is 0 Å². The molecule has 22 heterocycles. The summed E-state index contributed by atoms with van der Waals surface area (Å²) in [5.74, 6) is 0. The molecule has 0 amide bonds. The van der Waals surface area contributed by atoms with Crippen LogP contribution < -0.4 is 0 Å². The summed E-state index contributed by atoms with van der Waals surface area (Å²) in [6.07, 6.45) is -58.5. The molecule has 0 aliphatic carbocycles. The van der Waals surface area contributed by atoms with Crippen molar-refractivity contribution in [2.24, 2.45) is 0 Å². The van der Waals surface area contributed by atoms with Gasteiger partial charge in [0.05, 0.1) is 39.6 Å². The van der Waals surface area contributed by atoms with Crippen LogP contribution in [0.3, 0.4) is 0 Å². The summed E-state index contributed by atoms with van der Waals surface area (Å²) in [6.45, 7) is -5.99. The van der Waals surface area contributed by atoms with E-state index >= 15 is 0 Å². The molecule has 0 aromatic heterocycles. The fraction of sp³-hybridized carbons (Fsp3) is 1.00. The Balaban J connectivity index is 1.19. The molecule has 22 aliphatic heterocycles. The van der Waals surface area contributed by atoms with Crippen molar-refractivity contribution in [3.63, 3.8) is 0 Å². The minimum atomic E-state index is -2.15. The number of aliphatic hydroxyl groups excluding tert-OH is 18. The first-order valence-electron chi connectivity index (χ1n) is 21.1. The lowest BCUT2D eigenvalue weighted by Gasteiger charge is -2.50. The second-order valence-corrected chi connectivity index (χ2v) is 16.8. The van der Waals surface area contributed by atoms with Gasteiger partial charge in [-0.05, 0) is 0 Å². The molecule has 22 saturated heterocycles. The lowest BCUT2D eigenvalue weighted by atomic mass is 9.94. The zero-order valence-corrected chi connectivity index (χ0v) is 34.5. The summed E-state index contributed by atoms with van der Waals surface area (Å²) in [5, 5.41) is 196. The molecule has 0 saturated carbocycles. The van der Waals surface area contributed by atoms with Crippen LogP contribution in [0.2, 0.25) is 0 Å². The summed E-state index contributed by atoms with van der Waals surface area (Å²) in [7, 11) is 0. The average Bonchev–Trinajstić information content (AvgIpc) is 3.31. The Labute approximate surface area is 372 Å². The molecule has 22 rings (SSSR count). The van der Waals surface area contributed by atoms with Crippen molar-refractivity contribution in [3.8, 4) is 0 Å². The third-order valence-corrected chi connectivity index (χ3v) is 12.7. The van der Waals surface area contributed by atoms with Crippen LogP contribution in [0.4, 0.5) is 0 Å². The fourth-order valence-corrected chi connectivity index (χ4v) is 8.93. The third kappa shape index (κ3) is 10.0. The Morgan fingerprint density at radius 1 is 0.182 bits per heavy atom. The van der Waals surface area contributed by atoms with Crippen molar-refractivity contribution in [2.45, 2.75) is 184 Å². The van der Waals surface area contributed by atoms with E-state index in [4.69, 9.17) is 56.8 Å². The Kier molecular flexibility index (Phi) is 17.6. The van der Waals surface area contributed by atoms with Gasteiger partial charge in [0.2, 0.25) is 0 Å². The largest absolute Gasteiger partial charge is 0.394 e. The van der Waals surface area contributed by atoms with Crippen LogP contribution >= 0.6 is 0 Å². The van der Waals surface area contributed by atoms with Crippen molar-refractivity contribution in [1.29, 1.82) is 0 Å². The zero-order chi connectivity index (χ0) is 48.0. The molecular formula is C36H60O30. The standard InChI is InChI=1S/C36H60O30/c37-1-7-25-13(43)19(49)31(55-7)62-26-8(2-38)57-33(21(51)15(26)45)64-28-10(4-40)59-35(23(53)17(28)47)66-30-12(6-42)60-36(24(54)18(30)48)65-29-11(5-41)58-34(22(52)16(29)46)63-27-9(3-39)56-32(61-25)20(50)14(27)44/h7-54H,1-6H2/t7-,8-,9-,10-,11-,12-,13-,14-,15-,16-,17-,18-,19-,20?,21+,22?,23?,24-,25?,26?,27?,28?,29?,30?,31?,32?,33?,34?,35?,36?/m1/s1. The van der Waals surface area contributed by atoms with Crippen LogP contribution in [0.5, 0.6) is 0 Å². The second-order valence-electron chi connectivity index (χ2n) is 16.8. The molecular weight excluding hydrogens is 912 g/mol. The Hall–Kier alpha value is -1.20. The minimum absolute atomic E-state index is 0.999. The Bertz CT molecular complexity index is 1230. The highest BCUT2D eigenvalue weighted by Crippen LogP contribution is 2.38. The fourth-order valence-electron chi connectivity index (χ4n) is 8.93. The van der Waals surface area contributed by atoms with E-state index in [1.165, 1.54) is 0 Å². The van der Waals surface area contributed by atoms with Gasteiger partial charge in [0.15, 0.2) is 37.7 Å². The van der Waals surface area contributed by atoms with E-state index in [0.29, 0.717) is 0 Å². The molecule has 66 heavy (non-hydrogen) atoms. The third-order valence-electron chi connectivity index (χ3n) is 12.7. The van der Waals surface area contributed by atoms with E-state index in [2.05, 4.69) is 0 Å². The summed E-state index contributed by atoms with van der Waals surface area (Å²) in [4.78, 5) is 0. The molecule has 0 radical (unpaired) electrons. The maximum Gasteiger partial charge on any atom is 0.187 e. The quantitative estimate of drug-likeness (QED) is 0.117. The molecule has 18 N–H and O–H groups in total. The highest BCUT2D eigenvalue weighted by atomic mass is 16.8. The molecule has 0 spiro atoms. The first kappa shape index (κ1) is 52.6. The van der Waals surface area contributed by atoms with Crippen LogP contribution in [0.25, 0.3) is 0 Å². The van der Waals surface area contributed by atoms with E-state index < -0.39 is 224 Å². The van der Waals surface area contributed by atoms with Gasteiger partial charge >= 0.3 is 0 Å². The Morgan fingerprint density at radius 3 is 0.409 bits per heavy atom. The molecule has 30 atom stereocenters. The van der Waals surface area contributed by atoms with E-state index in [1.54, 1.807) is 0 Å².